The smallest absolute Gasteiger partial charge is 0.150 e. The molecule has 0 bridgehead atoms. The second kappa shape index (κ2) is 6.13. The van der Waals surface area contributed by atoms with E-state index in [-0.39, 0.29) is 0 Å². The Kier molecular flexibility index (Phi) is 3.68. The molecule has 4 aromatic carbocycles. The maximum atomic E-state index is 11.6. The monoisotopic (exact) mass is 308 g/mol. The van der Waals surface area contributed by atoms with Crippen LogP contribution < -0.4 is 0 Å². The Morgan fingerprint density at radius 1 is 0.583 bits per heavy atom. The molecule has 0 fully saturated rings. The average Bonchev–Trinajstić information content (AvgIpc) is 2.67. The molecule has 0 aliphatic carbocycles. The highest BCUT2D eigenvalue weighted by atomic mass is 16.1. The Hall–Kier alpha value is -3.19. The van der Waals surface area contributed by atoms with Gasteiger partial charge in [-0.1, -0.05) is 91.0 Å². The van der Waals surface area contributed by atoms with Gasteiger partial charge in [-0.15, -0.1) is 0 Å². The molecule has 0 aliphatic rings. The van der Waals surface area contributed by atoms with E-state index < -0.39 is 0 Å². The molecule has 4 rings (SSSR count). The number of fused-ring (bicyclic) bond motifs is 1. The van der Waals surface area contributed by atoms with Gasteiger partial charge in [-0.3, -0.25) is 4.79 Å². The minimum absolute atomic E-state index is 0.714. The van der Waals surface area contributed by atoms with E-state index in [9.17, 15) is 4.79 Å². The molecular weight excluding hydrogens is 292 g/mol. The summed E-state index contributed by atoms with van der Waals surface area (Å²) in [5.41, 5.74) is 5.00. The fourth-order valence-electron chi connectivity index (χ4n) is 3.28. The van der Waals surface area contributed by atoms with Gasteiger partial charge in [0.25, 0.3) is 0 Å². The lowest BCUT2D eigenvalue weighted by atomic mass is 9.89. The van der Waals surface area contributed by atoms with Gasteiger partial charge in [0.1, 0.15) is 0 Å². The Bertz CT molecular complexity index is 1010. The van der Waals surface area contributed by atoms with Crippen LogP contribution in [0.25, 0.3) is 33.0 Å². The zero-order valence-corrected chi connectivity index (χ0v) is 13.1. The van der Waals surface area contributed by atoms with Gasteiger partial charge in [-0.2, -0.15) is 0 Å². The first-order valence-corrected chi connectivity index (χ1v) is 8.00. The molecule has 0 saturated heterocycles. The molecule has 1 heteroatoms. The second-order valence-corrected chi connectivity index (χ2v) is 5.78. The van der Waals surface area contributed by atoms with E-state index in [4.69, 9.17) is 0 Å². The number of carbonyl (C=O) groups excluding carboxylic acids is 1. The molecule has 0 unspecified atom stereocenters. The summed E-state index contributed by atoms with van der Waals surface area (Å²) in [5.74, 6) is 0. The largest absolute Gasteiger partial charge is 0.298 e. The van der Waals surface area contributed by atoms with Crippen molar-refractivity contribution in [1.29, 1.82) is 0 Å². The molecule has 1 nitrogen and oxygen atoms in total. The Balaban J connectivity index is 2.07. The first-order valence-electron chi connectivity index (χ1n) is 8.00. The number of benzene rings is 4. The molecule has 0 aliphatic heterocycles. The lowest BCUT2D eigenvalue weighted by Crippen LogP contribution is -1.92. The Labute approximate surface area is 141 Å². The first kappa shape index (κ1) is 14.4. The van der Waals surface area contributed by atoms with Crippen molar-refractivity contribution in [3.8, 4) is 22.3 Å². The van der Waals surface area contributed by atoms with Crippen LogP contribution in [0.15, 0.2) is 91.0 Å². The number of hydrogen-bond acceptors (Lipinski definition) is 1. The number of rotatable bonds is 3. The third-order valence-corrected chi connectivity index (χ3v) is 4.37. The second-order valence-electron chi connectivity index (χ2n) is 5.78. The molecule has 0 aromatic heterocycles. The Morgan fingerprint density at radius 2 is 1.25 bits per heavy atom. The number of aldehydes is 1. The molecular formula is C23H16O. The van der Waals surface area contributed by atoms with Gasteiger partial charge >= 0.3 is 0 Å². The predicted octanol–water partition coefficient (Wildman–Crippen LogP) is 5.99. The topological polar surface area (TPSA) is 17.1 Å². The van der Waals surface area contributed by atoms with Crippen LogP contribution in [0.5, 0.6) is 0 Å². The van der Waals surface area contributed by atoms with Crippen LogP contribution in [0.4, 0.5) is 0 Å². The van der Waals surface area contributed by atoms with E-state index in [2.05, 4.69) is 54.6 Å². The van der Waals surface area contributed by atoms with Gasteiger partial charge in [-0.25, -0.2) is 0 Å². The summed E-state index contributed by atoms with van der Waals surface area (Å²) in [6, 6.07) is 30.7. The van der Waals surface area contributed by atoms with Crippen molar-refractivity contribution < 1.29 is 4.79 Å². The Morgan fingerprint density at radius 3 is 2.08 bits per heavy atom. The van der Waals surface area contributed by atoms with E-state index in [1.54, 1.807) is 0 Å². The molecule has 0 saturated carbocycles. The summed E-state index contributed by atoms with van der Waals surface area (Å²) < 4.78 is 0. The van der Waals surface area contributed by atoms with Crippen molar-refractivity contribution in [1.82, 2.24) is 0 Å². The predicted molar refractivity (Wildman–Crippen MR) is 100 cm³/mol. The fourth-order valence-corrected chi connectivity index (χ4v) is 3.28. The third-order valence-electron chi connectivity index (χ3n) is 4.37. The van der Waals surface area contributed by atoms with E-state index in [1.807, 2.05) is 36.4 Å². The van der Waals surface area contributed by atoms with Crippen molar-refractivity contribution in [3.05, 3.63) is 96.6 Å². The van der Waals surface area contributed by atoms with Crippen LogP contribution in [-0.2, 0) is 0 Å². The molecule has 0 spiro atoms. The first-order chi connectivity index (χ1) is 11.9. The quantitative estimate of drug-likeness (QED) is 0.425. The lowest BCUT2D eigenvalue weighted by Gasteiger charge is -2.14. The molecule has 4 aromatic rings. The summed E-state index contributed by atoms with van der Waals surface area (Å²) in [7, 11) is 0. The summed E-state index contributed by atoms with van der Waals surface area (Å²) in [6.45, 7) is 0. The van der Waals surface area contributed by atoms with Crippen molar-refractivity contribution in [2.24, 2.45) is 0 Å². The summed E-state index contributed by atoms with van der Waals surface area (Å²) >= 11 is 0. The molecule has 0 N–H and O–H groups in total. The highest BCUT2D eigenvalue weighted by Gasteiger charge is 2.13. The highest BCUT2D eigenvalue weighted by molar-refractivity contribution is 6.03. The van der Waals surface area contributed by atoms with Gasteiger partial charge in [0.2, 0.25) is 0 Å². The minimum atomic E-state index is 0.714. The van der Waals surface area contributed by atoms with Crippen LogP contribution in [0.3, 0.4) is 0 Å². The van der Waals surface area contributed by atoms with E-state index in [0.29, 0.717) is 5.56 Å². The van der Waals surface area contributed by atoms with Gasteiger partial charge in [-0.05, 0) is 27.5 Å². The van der Waals surface area contributed by atoms with Crippen molar-refractivity contribution in [2.45, 2.75) is 0 Å². The molecule has 0 radical (unpaired) electrons. The van der Waals surface area contributed by atoms with Crippen LogP contribution >= 0.6 is 0 Å². The van der Waals surface area contributed by atoms with E-state index >= 15 is 0 Å². The standard InChI is InChI=1S/C23H16O/c24-16-19-12-7-15-22(23(19)18-9-2-1-3-10-18)21-14-6-11-17-8-4-5-13-20(17)21/h1-16H. The lowest BCUT2D eigenvalue weighted by molar-refractivity contribution is 0.112. The van der Waals surface area contributed by atoms with Gasteiger partial charge in [0, 0.05) is 11.1 Å². The number of hydrogen-bond donors (Lipinski definition) is 0. The van der Waals surface area contributed by atoms with Crippen molar-refractivity contribution in [2.75, 3.05) is 0 Å². The van der Waals surface area contributed by atoms with Gasteiger partial charge < -0.3 is 0 Å². The molecule has 0 amide bonds. The molecule has 0 heterocycles. The van der Waals surface area contributed by atoms with Crippen LogP contribution in [0.1, 0.15) is 10.4 Å². The summed E-state index contributed by atoms with van der Waals surface area (Å²) in [4.78, 5) is 11.6. The SMILES string of the molecule is O=Cc1cccc(-c2cccc3ccccc23)c1-c1ccccc1. The van der Waals surface area contributed by atoms with Crippen LogP contribution in [-0.4, -0.2) is 6.29 Å². The number of carbonyl (C=O) groups is 1. The zero-order valence-electron chi connectivity index (χ0n) is 13.1. The minimum Gasteiger partial charge on any atom is -0.298 e. The normalized spacial score (nSPS) is 10.7. The maximum absolute atomic E-state index is 11.6. The van der Waals surface area contributed by atoms with Gasteiger partial charge in [0.05, 0.1) is 0 Å². The van der Waals surface area contributed by atoms with Crippen LogP contribution in [0, 0.1) is 0 Å². The zero-order chi connectivity index (χ0) is 16.4. The molecule has 0 atom stereocenters. The molecule has 114 valence electrons. The maximum Gasteiger partial charge on any atom is 0.150 e. The van der Waals surface area contributed by atoms with Crippen molar-refractivity contribution in [3.63, 3.8) is 0 Å². The summed E-state index contributed by atoms with van der Waals surface area (Å²) in [6.07, 6.45) is 0.941. The highest BCUT2D eigenvalue weighted by Crippen LogP contribution is 2.37. The average molecular weight is 308 g/mol. The van der Waals surface area contributed by atoms with Crippen LogP contribution in [0.2, 0.25) is 0 Å². The molecule has 24 heavy (non-hydrogen) atoms. The van der Waals surface area contributed by atoms with Crippen molar-refractivity contribution >= 4 is 17.1 Å². The third kappa shape index (κ3) is 2.40. The summed E-state index contributed by atoms with van der Waals surface area (Å²) in [5, 5.41) is 2.39. The fraction of sp³-hybridized carbons (Fsp3) is 0. The van der Waals surface area contributed by atoms with E-state index in [1.165, 1.54) is 10.8 Å². The van der Waals surface area contributed by atoms with Gasteiger partial charge in [0.15, 0.2) is 6.29 Å². The van der Waals surface area contributed by atoms with E-state index in [0.717, 1.165) is 28.5 Å².